The molecule has 3 aromatic carbocycles. The fourth-order valence-corrected chi connectivity index (χ4v) is 6.60. The van der Waals surface area contributed by atoms with Crippen molar-refractivity contribution in [3.63, 3.8) is 0 Å². The van der Waals surface area contributed by atoms with Crippen LogP contribution in [0.5, 0.6) is 11.5 Å². The minimum atomic E-state index is -0.375. The fourth-order valence-electron chi connectivity index (χ4n) is 5.06. The van der Waals surface area contributed by atoms with Gasteiger partial charge in [-0.1, -0.05) is 48.2 Å². The van der Waals surface area contributed by atoms with E-state index in [-0.39, 0.29) is 36.0 Å². The maximum Gasteiger partial charge on any atom is 0.253 e. The second-order valence-corrected chi connectivity index (χ2v) is 12.0. The summed E-state index contributed by atoms with van der Waals surface area (Å²) < 4.78 is 26.4. The molecule has 0 saturated heterocycles. The first kappa shape index (κ1) is 31.0. The van der Waals surface area contributed by atoms with E-state index in [2.05, 4.69) is 15.5 Å². The molecule has 0 radical (unpaired) electrons. The number of hydrogen-bond donors (Lipinski definition) is 1. The average Bonchev–Trinajstić information content (AvgIpc) is 3.87. The molecular weight excluding hydrogens is 628 g/mol. The minimum absolute atomic E-state index is 0.00235. The highest BCUT2D eigenvalue weighted by atomic mass is 32.2. The van der Waals surface area contributed by atoms with E-state index < -0.39 is 0 Å². The Morgan fingerprint density at radius 2 is 1.83 bits per heavy atom. The zero-order chi connectivity index (χ0) is 32.0. The molecule has 13 heteroatoms. The largest absolute Gasteiger partial charge is 0.497 e. The van der Waals surface area contributed by atoms with E-state index in [1.807, 2.05) is 41.8 Å². The van der Waals surface area contributed by atoms with Crippen molar-refractivity contribution in [2.24, 2.45) is 5.10 Å². The third-order valence-corrected chi connectivity index (χ3v) is 9.15. The number of amides is 2. The van der Waals surface area contributed by atoms with Gasteiger partial charge in [-0.2, -0.15) is 5.10 Å². The maximum atomic E-state index is 13.8. The van der Waals surface area contributed by atoms with Crippen LogP contribution in [0.2, 0.25) is 0 Å². The summed E-state index contributed by atoms with van der Waals surface area (Å²) in [5, 5.41) is 20.2. The number of methoxy groups -OCH3 is 2. The van der Waals surface area contributed by atoms with Crippen LogP contribution in [0.3, 0.4) is 0 Å². The lowest BCUT2D eigenvalue weighted by Crippen LogP contribution is -2.28. The van der Waals surface area contributed by atoms with Gasteiger partial charge in [0.2, 0.25) is 0 Å². The van der Waals surface area contributed by atoms with Crippen LogP contribution < -0.4 is 14.8 Å². The monoisotopic (exact) mass is 656 g/mol. The lowest BCUT2D eigenvalue weighted by Gasteiger charge is -2.22. The predicted molar refractivity (Wildman–Crippen MR) is 174 cm³/mol. The number of hydrazone groups is 1. The average molecular weight is 657 g/mol. The Morgan fingerprint density at radius 1 is 1.00 bits per heavy atom. The quantitative estimate of drug-likeness (QED) is 0.177. The molecule has 0 unspecified atom stereocenters. The van der Waals surface area contributed by atoms with Crippen LogP contribution in [0.15, 0.2) is 101 Å². The van der Waals surface area contributed by atoms with Gasteiger partial charge in [-0.25, -0.2) is 9.40 Å². The molecule has 1 atom stereocenters. The number of rotatable bonds is 11. The van der Waals surface area contributed by atoms with Gasteiger partial charge in [0.15, 0.2) is 11.0 Å². The molecule has 0 spiro atoms. The molecule has 46 heavy (non-hydrogen) atoms. The molecule has 234 valence electrons. The second kappa shape index (κ2) is 14.0. The highest BCUT2D eigenvalue weighted by Gasteiger charge is 2.34. The number of thiophene rings is 1. The van der Waals surface area contributed by atoms with Crippen LogP contribution in [0.25, 0.3) is 5.69 Å². The van der Waals surface area contributed by atoms with Crippen molar-refractivity contribution < 1.29 is 23.5 Å². The molecule has 0 fully saturated rings. The molecule has 6 rings (SSSR count). The SMILES string of the molecule is COc1cccc(C(=O)NCc2nnc(SCC(=O)N3N=C(c4cccs4)C[C@@H]3c3ccc(F)cc3)n2-c2ccccc2OC)c1. The van der Waals surface area contributed by atoms with E-state index in [0.29, 0.717) is 40.2 Å². The van der Waals surface area contributed by atoms with Crippen LogP contribution in [-0.2, 0) is 11.3 Å². The van der Waals surface area contributed by atoms with E-state index in [1.165, 1.54) is 28.9 Å². The van der Waals surface area contributed by atoms with Crippen molar-refractivity contribution in [1.82, 2.24) is 25.1 Å². The standard InChI is InChI=1S/C33H29FN6O4S2/c1-43-24-8-5-7-22(17-24)32(42)35-19-30-36-37-33(39(30)26-9-3-4-10-28(26)44-2)46-20-31(41)40-27(21-12-14-23(34)15-13-21)18-25(38-40)29-11-6-16-45-29/h3-17,27H,18-20H2,1-2H3,(H,35,42)/t27-/m1/s1. The van der Waals surface area contributed by atoms with Crippen LogP contribution in [0.4, 0.5) is 4.39 Å². The van der Waals surface area contributed by atoms with E-state index in [9.17, 15) is 14.0 Å². The number of nitrogens with one attached hydrogen (secondary N) is 1. The van der Waals surface area contributed by atoms with Crippen LogP contribution in [0.1, 0.15) is 39.1 Å². The number of thioether (sulfide) groups is 1. The van der Waals surface area contributed by atoms with E-state index in [1.54, 1.807) is 66.5 Å². The smallest absolute Gasteiger partial charge is 0.253 e. The highest BCUT2D eigenvalue weighted by molar-refractivity contribution is 7.99. The van der Waals surface area contributed by atoms with E-state index >= 15 is 0 Å². The van der Waals surface area contributed by atoms with Crippen molar-refractivity contribution in [3.05, 3.63) is 118 Å². The Bertz CT molecular complexity index is 1880. The third-order valence-electron chi connectivity index (χ3n) is 7.32. The molecule has 1 N–H and O–H groups in total. The lowest BCUT2D eigenvalue weighted by atomic mass is 10.0. The lowest BCUT2D eigenvalue weighted by molar-refractivity contribution is -0.130. The normalized spacial score (nSPS) is 14.2. The molecule has 3 heterocycles. The minimum Gasteiger partial charge on any atom is -0.497 e. The van der Waals surface area contributed by atoms with Crippen molar-refractivity contribution in [2.75, 3.05) is 20.0 Å². The van der Waals surface area contributed by atoms with Gasteiger partial charge in [0.05, 0.1) is 48.8 Å². The van der Waals surface area contributed by atoms with E-state index in [4.69, 9.17) is 14.6 Å². The van der Waals surface area contributed by atoms with Gasteiger partial charge in [-0.3, -0.25) is 14.2 Å². The number of ether oxygens (including phenoxy) is 2. The number of para-hydroxylation sites is 2. The Kier molecular flexibility index (Phi) is 9.41. The summed E-state index contributed by atoms with van der Waals surface area (Å²) in [5.74, 6) is 0.686. The maximum absolute atomic E-state index is 13.8. The number of carbonyl (C=O) groups is 2. The summed E-state index contributed by atoms with van der Waals surface area (Å²) in [5.41, 5.74) is 2.68. The zero-order valence-corrected chi connectivity index (χ0v) is 26.6. The summed E-state index contributed by atoms with van der Waals surface area (Å²) in [6, 6.07) is 23.9. The number of aromatic nitrogens is 3. The van der Waals surface area contributed by atoms with Gasteiger partial charge in [0.1, 0.15) is 17.3 Å². The molecule has 5 aromatic rings. The number of halogens is 1. The highest BCUT2D eigenvalue weighted by Crippen LogP contribution is 2.35. The molecule has 1 aliphatic rings. The molecule has 0 bridgehead atoms. The van der Waals surface area contributed by atoms with Gasteiger partial charge in [-0.15, -0.1) is 21.5 Å². The third kappa shape index (κ3) is 6.65. The topological polar surface area (TPSA) is 111 Å². The van der Waals surface area contributed by atoms with Crippen molar-refractivity contribution >= 4 is 40.6 Å². The van der Waals surface area contributed by atoms with Gasteiger partial charge >= 0.3 is 0 Å². The summed E-state index contributed by atoms with van der Waals surface area (Å²) in [6.07, 6.45) is 0.511. The van der Waals surface area contributed by atoms with Gasteiger partial charge in [-0.05, 0) is 59.5 Å². The van der Waals surface area contributed by atoms with Gasteiger partial charge in [0, 0.05) is 12.0 Å². The van der Waals surface area contributed by atoms with E-state index in [0.717, 1.165) is 16.2 Å². The van der Waals surface area contributed by atoms with Crippen LogP contribution >= 0.6 is 23.1 Å². The molecule has 2 aromatic heterocycles. The summed E-state index contributed by atoms with van der Waals surface area (Å²) in [6.45, 7) is 0.0584. The van der Waals surface area contributed by atoms with Crippen molar-refractivity contribution in [1.29, 1.82) is 0 Å². The molecule has 1 aliphatic heterocycles. The first-order chi connectivity index (χ1) is 22.4. The van der Waals surface area contributed by atoms with Crippen molar-refractivity contribution in [2.45, 2.75) is 24.2 Å². The van der Waals surface area contributed by atoms with Gasteiger partial charge in [0.25, 0.3) is 11.8 Å². The van der Waals surface area contributed by atoms with Gasteiger partial charge < -0.3 is 14.8 Å². The number of hydrogen-bond acceptors (Lipinski definition) is 9. The molecule has 10 nitrogen and oxygen atoms in total. The summed E-state index contributed by atoms with van der Waals surface area (Å²) >= 11 is 2.75. The number of nitrogens with zero attached hydrogens (tertiary/aromatic N) is 5. The Morgan fingerprint density at radius 3 is 2.59 bits per heavy atom. The van der Waals surface area contributed by atoms with Crippen molar-refractivity contribution in [3.8, 4) is 17.2 Å². The number of carbonyl (C=O) groups excluding carboxylic acids is 2. The summed E-state index contributed by atoms with van der Waals surface area (Å²) in [4.78, 5) is 27.7. The molecule has 0 saturated carbocycles. The molecular formula is C33H29FN6O4S2. The molecule has 2 amide bonds. The Labute approximate surface area is 272 Å². The molecule has 0 aliphatic carbocycles. The fraction of sp³-hybridized carbons (Fsp3) is 0.182. The first-order valence-electron chi connectivity index (χ1n) is 14.3. The Balaban J connectivity index is 1.25. The van der Waals surface area contributed by atoms with Crippen LogP contribution in [-0.4, -0.2) is 57.3 Å². The Hall–Kier alpha value is -5.01. The zero-order valence-electron chi connectivity index (χ0n) is 24.9. The predicted octanol–water partition coefficient (Wildman–Crippen LogP) is 5.89. The summed E-state index contributed by atoms with van der Waals surface area (Å²) in [7, 11) is 3.11. The number of benzene rings is 3. The second-order valence-electron chi connectivity index (χ2n) is 10.1. The first-order valence-corrected chi connectivity index (χ1v) is 16.1. The van der Waals surface area contributed by atoms with Crippen LogP contribution in [0, 0.1) is 5.82 Å².